The van der Waals surface area contributed by atoms with Gasteiger partial charge in [-0.1, -0.05) is 41.9 Å². The van der Waals surface area contributed by atoms with E-state index in [1.807, 2.05) is 18.2 Å². The summed E-state index contributed by atoms with van der Waals surface area (Å²) >= 11 is 6.09. The molecule has 0 saturated heterocycles. The molecular formula is C21H18ClN3O3. The van der Waals surface area contributed by atoms with Crippen molar-refractivity contribution in [3.63, 3.8) is 0 Å². The Bertz CT molecular complexity index is 990. The number of rotatable bonds is 6. The zero-order chi connectivity index (χ0) is 19.9. The number of anilines is 2. The van der Waals surface area contributed by atoms with E-state index in [4.69, 9.17) is 16.3 Å². The summed E-state index contributed by atoms with van der Waals surface area (Å²) in [5.74, 6) is -0.743. The number of esters is 1. The Morgan fingerprint density at radius 1 is 1.04 bits per heavy atom. The predicted molar refractivity (Wildman–Crippen MR) is 108 cm³/mol. The second-order valence-electron chi connectivity index (χ2n) is 5.87. The largest absolute Gasteiger partial charge is 0.465 e. The second-order valence-corrected chi connectivity index (χ2v) is 6.28. The van der Waals surface area contributed by atoms with Crippen LogP contribution in [-0.4, -0.2) is 24.0 Å². The van der Waals surface area contributed by atoms with Gasteiger partial charge < -0.3 is 15.4 Å². The third kappa shape index (κ3) is 4.66. The normalized spacial score (nSPS) is 10.2. The number of pyridine rings is 1. The Balaban J connectivity index is 1.66. The first kappa shape index (κ1) is 19.4. The Kier molecular flexibility index (Phi) is 6.24. The van der Waals surface area contributed by atoms with Gasteiger partial charge in [-0.05, 0) is 35.9 Å². The number of nitrogens with zero attached hydrogens (tertiary/aromatic N) is 1. The van der Waals surface area contributed by atoms with Gasteiger partial charge in [0, 0.05) is 11.6 Å². The highest BCUT2D eigenvalue weighted by Crippen LogP contribution is 2.21. The topological polar surface area (TPSA) is 80.3 Å². The first-order valence-electron chi connectivity index (χ1n) is 8.50. The number of nitrogens with one attached hydrogen (secondary N) is 2. The van der Waals surface area contributed by atoms with Gasteiger partial charge in [-0.2, -0.15) is 0 Å². The minimum absolute atomic E-state index is 0.277. The molecule has 0 bridgehead atoms. The Labute approximate surface area is 167 Å². The summed E-state index contributed by atoms with van der Waals surface area (Å²) in [5, 5.41) is 6.49. The van der Waals surface area contributed by atoms with Crippen molar-refractivity contribution in [1.82, 2.24) is 10.3 Å². The first-order valence-corrected chi connectivity index (χ1v) is 8.88. The Morgan fingerprint density at radius 2 is 1.79 bits per heavy atom. The summed E-state index contributed by atoms with van der Waals surface area (Å²) in [6.45, 7) is 0.312. The molecule has 0 aliphatic heterocycles. The summed E-state index contributed by atoms with van der Waals surface area (Å²) in [6, 6.07) is 17.6. The van der Waals surface area contributed by atoms with Crippen LogP contribution in [0.2, 0.25) is 5.02 Å². The molecule has 0 aliphatic rings. The number of hydrogen-bond acceptors (Lipinski definition) is 5. The van der Waals surface area contributed by atoms with Crippen LogP contribution in [0.1, 0.15) is 26.4 Å². The van der Waals surface area contributed by atoms with Crippen molar-refractivity contribution in [3.8, 4) is 0 Å². The molecule has 2 N–H and O–H groups in total. The molecule has 1 amide bonds. The molecule has 7 heteroatoms. The zero-order valence-electron chi connectivity index (χ0n) is 15.1. The molecule has 6 nitrogen and oxygen atoms in total. The lowest BCUT2D eigenvalue weighted by Gasteiger charge is -2.11. The molecule has 3 aromatic rings. The number of methoxy groups -OCH3 is 1. The Hall–Kier alpha value is -3.38. The van der Waals surface area contributed by atoms with Gasteiger partial charge >= 0.3 is 5.97 Å². The van der Waals surface area contributed by atoms with Gasteiger partial charge in [0.25, 0.3) is 5.91 Å². The van der Waals surface area contributed by atoms with Gasteiger partial charge in [0.05, 0.1) is 30.2 Å². The van der Waals surface area contributed by atoms with Gasteiger partial charge in [0.15, 0.2) is 0 Å². The number of hydrogen-bond donors (Lipinski definition) is 2. The molecule has 0 radical (unpaired) electrons. The van der Waals surface area contributed by atoms with Crippen LogP contribution in [0.4, 0.5) is 11.4 Å². The fraction of sp³-hybridized carbons (Fsp3) is 0.0952. The maximum atomic E-state index is 12.3. The van der Waals surface area contributed by atoms with Crippen molar-refractivity contribution in [2.45, 2.75) is 6.54 Å². The molecule has 0 unspecified atom stereocenters. The van der Waals surface area contributed by atoms with Crippen LogP contribution in [0.5, 0.6) is 0 Å². The molecule has 1 heterocycles. The average molecular weight is 396 g/mol. The van der Waals surface area contributed by atoms with Gasteiger partial charge in [-0.3, -0.25) is 4.79 Å². The van der Waals surface area contributed by atoms with Crippen molar-refractivity contribution < 1.29 is 14.3 Å². The van der Waals surface area contributed by atoms with Crippen LogP contribution in [0, 0.1) is 0 Å². The SMILES string of the molecule is COC(=O)c1ccccc1Nc1ccc(C(=O)NCc2ccccc2Cl)nc1. The third-order valence-electron chi connectivity index (χ3n) is 4.00. The van der Waals surface area contributed by atoms with Crippen molar-refractivity contribution >= 4 is 34.9 Å². The summed E-state index contributed by atoms with van der Waals surface area (Å²) < 4.78 is 4.78. The highest BCUT2D eigenvalue weighted by Gasteiger charge is 2.12. The van der Waals surface area contributed by atoms with E-state index in [9.17, 15) is 9.59 Å². The fourth-order valence-corrected chi connectivity index (χ4v) is 2.75. The third-order valence-corrected chi connectivity index (χ3v) is 4.37. The second kappa shape index (κ2) is 9.01. The van der Waals surface area contributed by atoms with E-state index in [2.05, 4.69) is 15.6 Å². The first-order chi connectivity index (χ1) is 13.6. The number of amides is 1. The van der Waals surface area contributed by atoms with E-state index in [1.165, 1.54) is 13.3 Å². The van der Waals surface area contributed by atoms with Crippen LogP contribution in [-0.2, 0) is 11.3 Å². The van der Waals surface area contributed by atoms with Crippen molar-refractivity contribution in [2.75, 3.05) is 12.4 Å². The average Bonchev–Trinajstić information content (AvgIpc) is 2.73. The minimum Gasteiger partial charge on any atom is -0.465 e. The van der Waals surface area contributed by atoms with Crippen molar-refractivity contribution in [2.24, 2.45) is 0 Å². The van der Waals surface area contributed by atoms with E-state index >= 15 is 0 Å². The highest BCUT2D eigenvalue weighted by atomic mass is 35.5. The number of aromatic nitrogens is 1. The van der Waals surface area contributed by atoms with E-state index in [0.717, 1.165) is 5.56 Å². The lowest BCUT2D eigenvalue weighted by atomic mass is 10.1. The van der Waals surface area contributed by atoms with Crippen LogP contribution < -0.4 is 10.6 Å². The molecule has 0 atom stereocenters. The van der Waals surface area contributed by atoms with Crippen LogP contribution in [0.15, 0.2) is 66.9 Å². The standard InChI is InChI=1S/C21H18ClN3O3/c1-28-21(27)16-7-3-5-9-18(16)25-15-10-11-19(23-13-15)20(26)24-12-14-6-2-4-8-17(14)22/h2-11,13,25H,12H2,1H3,(H,24,26). The molecule has 28 heavy (non-hydrogen) atoms. The molecule has 142 valence electrons. The maximum absolute atomic E-state index is 12.3. The van der Waals surface area contributed by atoms with Crippen molar-refractivity contribution in [3.05, 3.63) is 88.7 Å². The van der Waals surface area contributed by atoms with Crippen LogP contribution >= 0.6 is 11.6 Å². The van der Waals surface area contributed by atoms with Gasteiger partial charge in [-0.25, -0.2) is 9.78 Å². The minimum atomic E-state index is -0.438. The number of carbonyl (C=O) groups is 2. The van der Waals surface area contributed by atoms with E-state index in [-0.39, 0.29) is 11.6 Å². The van der Waals surface area contributed by atoms with Gasteiger partial charge in [0.1, 0.15) is 5.69 Å². The molecule has 2 aromatic carbocycles. The molecule has 0 aliphatic carbocycles. The molecule has 0 fully saturated rings. The predicted octanol–water partition coefficient (Wildman–Crippen LogP) is 4.20. The van der Waals surface area contributed by atoms with Crippen LogP contribution in [0.25, 0.3) is 0 Å². The maximum Gasteiger partial charge on any atom is 0.339 e. The van der Waals surface area contributed by atoms with E-state index in [0.29, 0.717) is 28.5 Å². The number of para-hydroxylation sites is 1. The summed E-state index contributed by atoms with van der Waals surface area (Å²) in [4.78, 5) is 28.3. The quantitative estimate of drug-likeness (QED) is 0.611. The lowest BCUT2D eigenvalue weighted by molar-refractivity contribution is 0.0601. The molecule has 3 rings (SSSR count). The molecule has 1 aromatic heterocycles. The fourth-order valence-electron chi connectivity index (χ4n) is 2.55. The lowest BCUT2D eigenvalue weighted by Crippen LogP contribution is -2.23. The summed E-state index contributed by atoms with van der Waals surface area (Å²) in [6.07, 6.45) is 1.53. The highest BCUT2D eigenvalue weighted by molar-refractivity contribution is 6.31. The Morgan fingerprint density at radius 3 is 2.50 bits per heavy atom. The van der Waals surface area contributed by atoms with Crippen molar-refractivity contribution in [1.29, 1.82) is 0 Å². The summed E-state index contributed by atoms with van der Waals surface area (Å²) in [7, 11) is 1.33. The zero-order valence-corrected chi connectivity index (χ0v) is 15.9. The molecule has 0 saturated carbocycles. The summed E-state index contributed by atoms with van der Waals surface area (Å²) in [5.41, 5.74) is 2.74. The number of halogens is 1. The molecule has 0 spiro atoms. The van der Waals surface area contributed by atoms with E-state index in [1.54, 1.807) is 42.5 Å². The van der Waals surface area contributed by atoms with Crippen LogP contribution in [0.3, 0.4) is 0 Å². The van der Waals surface area contributed by atoms with Gasteiger partial charge in [-0.15, -0.1) is 0 Å². The number of benzene rings is 2. The monoisotopic (exact) mass is 395 g/mol. The van der Waals surface area contributed by atoms with E-state index < -0.39 is 5.97 Å². The number of ether oxygens (including phenoxy) is 1. The number of carbonyl (C=O) groups excluding carboxylic acids is 2. The molecular weight excluding hydrogens is 378 g/mol. The van der Waals surface area contributed by atoms with Gasteiger partial charge in [0.2, 0.25) is 0 Å². The smallest absolute Gasteiger partial charge is 0.339 e.